The molecule has 0 fully saturated rings. The van der Waals surface area contributed by atoms with Crippen molar-refractivity contribution in [3.05, 3.63) is 11.9 Å². The molecule has 0 aromatic carbocycles. The van der Waals surface area contributed by atoms with Crippen LogP contribution >= 0.6 is 10.7 Å². The molecule has 0 bridgehead atoms. The molecule has 0 saturated heterocycles. The number of aryl methyl sites for hydroxylation is 1. The van der Waals surface area contributed by atoms with Crippen LogP contribution in [0, 0.1) is 0 Å². The van der Waals surface area contributed by atoms with E-state index in [9.17, 15) is 8.42 Å². The number of rotatable bonds is 8. The Bertz CT molecular complexity index is 499. The van der Waals surface area contributed by atoms with E-state index in [0.29, 0.717) is 12.2 Å². The van der Waals surface area contributed by atoms with Crippen molar-refractivity contribution >= 4 is 19.7 Å². The van der Waals surface area contributed by atoms with Crippen molar-refractivity contribution in [2.45, 2.75) is 64.2 Å². The lowest BCUT2D eigenvalue weighted by Gasteiger charge is -2.13. The largest absolute Gasteiger partial charge is 0.372 e. The van der Waals surface area contributed by atoms with Crippen molar-refractivity contribution in [3.63, 3.8) is 0 Å². The molecule has 1 heterocycles. The molecule has 1 rings (SSSR count). The first kappa shape index (κ1) is 16.5. The Balaban J connectivity index is 2.97. The normalized spacial score (nSPS) is 13.7. The standard InChI is InChI=1S/C12H21ClN2O3S/c1-4-6-7-15-11(9-18-10(3)5-2)12(8-14-15)19(13,16)17/h8,10H,4-7,9H2,1-3H3/t10-/m1/s1. The van der Waals surface area contributed by atoms with E-state index in [1.165, 1.54) is 6.20 Å². The van der Waals surface area contributed by atoms with Gasteiger partial charge in [0.15, 0.2) is 0 Å². The van der Waals surface area contributed by atoms with Crippen molar-refractivity contribution in [3.8, 4) is 0 Å². The van der Waals surface area contributed by atoms with Crippen LogP contribution in [0.1, 0.15) is 45.7 Å². The summed E-state index contributed by atoms with van der Waals surface area (Å²) >= 11 is 0. The number of nitrogens with zero attached hydrogens (tertiary/aromatic N) is 2. The van der Waals surface area contributed by atoms with Gasteiger partial charge in [-0.3, -0.25) is 4.68 Å². The fourth-order valence-corrected chi connectivity index (χ4v) is 2.59. The summed E-state index contributed by atoms with van der Waals surface area (Å²) in [6.07, 6.45) is 4.17. The molecule has 7 heteroatoms. The van der Waals surface area contributed by atoms with Gasteiger partial charge in [-0.2, -0.15) is 5.10 Å². The van der Waals surface area contributed by atoms with Gasteiger partial charge in [0.05, 0.1) is 24.6 Å². The molecule has 1 aromatic rings. The highest BCUT2D eigenvalue weighted by atomic mass is 35.7. The molecule has 0 amide bonds. The minimum absolute atomic E-state index is 0.0496. The van der Waals surface area contributed by atoms with Crippen LogP contribution in [0.15, 0.2) is 11.1 Å². The number of unbranched alkanes of at least 4 members (excludes halogenated alkanes) is 1. The highest BCUT2D eigenvalue weighted by Gasteiger charge is 2.21. The van der Waals surface area contributed by atoms with Gasteiger partial charge >= 0.3 is 0 Å². The smallest absolute Gasteiger partial charge is 0.264 e. The van der Waals surface area contributed by atoms with E-state index >= 15 is 0 Å². The van der Waals surface area contributed by atoms with Gasteiger partial charge in [-0.25, -0.2) is 8.42 Å². The number of ether oxygens (including phenoxy) is 1. The number of hydrogen-bond acceptors (Lipinski definition) is 4. The summed E-state index contributed by atoms with van der Waals surface area (Å²) in [6, 6.07) is 0. The summed E-state index contributed by atoms with van der Waals surface area (Å²) in [7, 11) is 1.64. The van der Waals surface area contributed by atoms with Crippen LogP contribution in [-0.2, 0) is 26.9 Å². The first-order chi connectivity index (χ1) is 8.90. The van der Waals surface area contributed by atoms with Gasteiger partial charge < -0.3 is 4.74 Å². The Morgan fingerprint density at radius 2 is 2.16 bits per heavy atom. The second-order valence-corrected chi connectivity index (χ2v) is 7.03. The average Bonchev–Trinajstić information content (AvgIpc) is 2.76. The maximum atomic E-state index is 11.5. The maximum absolute atomic E-state index is 11.5. The first-order valence-electron chi connectivity index (χ1n) is 6.51. The maximum Gasteiger partial charge on any atom is 0.264 e. The summed E-state index contributed by atoms with van der Waals surface area (Å²) in [5.74, 6) is 0. The number of hydrogen-bond donors (Lipinski definition) is 0. The summed E-state index contributed by atoms with van der Waals surface area (Å²) in [4.78, 5) is 0.0496. The van der Waals surface area contributed by atoms with Gasteiger partial charge in [0, 0.05) is 17.2 Å². The van der Waals surface area contributed by atoms with E-state index in [1.807, 2.05) is 13.8 Å². The van der Waals surface area contributed by atoms with Gasteiger partial charge in [0.25, 0.3) is 9.05 Å². The van der Waals surface area contributed by atoms with E-state index in [1.54, 1.807) is 4.68 Å². The molecule has 0 aliphatic heterocycles. The van der Waals surface area contributed by atoms with E-state index in [0.717, 1.165) is 19.3 Å². The van der Waals surface area contributed by atoms with Crippen molar-refractivity contribution in [1.82, 2.24) is 9.78 Å². The highest BCUT2D eigenvalue weighted by molar-refractivity contribution is 8.13. The second kappa shape index (κ2) is 7.26. The molecule has 1 aromatic heterocycles. The van der Waals surface area contributed by atoms with Crippen LogP contribution in [0.25, 0.3) is 0 Å². The van der Waals surface area contributed by atoms with Gasteiger partial charge in [-0.1, -0.05) is 20.3 Å². The first-order valence-corrected chi connectivity index (χ1v) is 8.82. The highest BCUT2D eigenvalue weighted by Crippen LogP contribution is 2.21. The van der Waals surface area contributed by atoms with Gasteiger partial charge in [0.2, 0.25) is 0 Å². The molecule has 0 unspecified atom stereocenters. The molecule has 0 aliphatic carbocycles. The molecule has 0 radical (unpaired) electrons. The fraction of sp³-hybridized carbons (Fsp3) is 0.750. The Labute approximate surface area is 119 Å². The van der Waals surface area contributed by atoms with Crippen molar-refractivity contribution < 1.29 is 13.2 Å². The van der Waals surface area contributed by atoms with Gasteiger partial charge in [0.1, 0.15) is 4.90 Å². The molecule has 5 nitrogen and oxygen atoms in total. The molecule has 0 saturated carbocycles. The van der Waals surface area contributed by atoms with Crippen LogP contribution in [0.5, 0.6) is 0 Å². The zero-order valence-corrected chi connectivity index (χ0v) is 13.2. The zero-order valence-electron chi connectivity index (χ0n) is 11.6. The SMILES string of the molecule is CCCCn1ncc(S(=O)(=O)Cl)c1CO[C@H](C)CC. The Morgan fingerprint density at radius 3 is 2.68 bits per heavy atom. The third kappa shape index (κ3) is 4.78. The molecular weight excluding hydrogens is 288 g/mol. The van der Waals surface area contributed by atoms with Crippen LogP contribution in [0.2, 0.25) is 0 Å². The lowest BCUT2D eigenvalue weighted by Crippen LogP contribution is -2.13. The Morgan fingerprint density at radius 1 is 1.47 bits per heavy atom. The summed E-state index contributed by atoms with van der Waals surface area (Å²) < 4.78 is 30.3. The predicted octanol–water partition coefficient (Wildman–Crippen LogP) is 2.93. The molecule has 19 heavy (non-hydrogen) atoms. The van der Waals surface area contributed by atoms with Crippen molar-refractivity contribution in [2.75, 3.05) is 0 Å². The topological polar surface area (TPSA) is 61.2 Å². The third-order valence-corrected chi connectivity index (χ3v) is 4.34. The Hall–Kier alpha value is -0.590. The number of halogens is 1. The van der Waals surface area contributed by atoms with Gasteiger partial charge in [-0.05, 0) is 19.8 Å². The molecule has 110 valence electrons. The zero-order chi connectivity index (χ0) is 14.5. The Kier molecular flexibility index (Phi) is 6.29. The van der Waals surface area contributed by atoms with Gasteiger partial charge in [-0.15, -0.1) is 0 Å². The molecule has 0 N–H and O–H groups in total. The van der Waals surface area contributed by atoms with Crippen LogP contribution in [0.4, 0.5) is 0 Å². The fourth-order valence-electron chi connectivity index (χ4n) is 1.58. The van der Waals surface area contributed by atoms with Crippen LogP contribution in [-0.4, -0.2) is 24.3 Å². The van der Waals surface area contributed by atoms with E-state index in [4.69, 9.17) is 15.4 Å². The lowest BCUT2D eigenvalue weighted by molar-refractivity contribution is 0.0452. The third-order valence-electron chi connectivity index (χ3n) is 2.98. The predicted molar refractivity (Wildman–Crippen MR) is 74.7 cm³/mol. The molecule has 0 spiro atoms. The molecule has 0 aliphatic rings. The van der Waals surface area contributed by atoms with Crippen molar-refractivity contribution in [2.24, 2.45) is 0 Å². The lowest BCUT2D eigenvalue weighted by atomic mass is 10.3. The minimum atomic E-state index is -3.78. The second-order valence-electron chi connectivity index (χ2n) is 4.50. The van der Waals surface area contributed by atoms with Crippen molar-refractivity contribution in [1.29, 1.82) is 0 Å². The van der Waals surface area contributed by atoms with Crippen LogP contribution < -0.4 is 0 Å². The molecule has 1 atom stereocenters. The summed E-state index contributed by atoms with van der Waals surface area (Å²) in [6.45, 7) is 6.90. The number of aromatic nitrogens is 2. The van der Waals surface area contributed by atoms with E-state index < -0.39 is 9.05 Å². The summed E-state index contributed by atoms with van der Waals surface area (Å²) in [5, 5.41) is 4.10. The monoisotopic (exact) mass is 308 g/mol. The van der Waals surface area contributed by atoms with E-state index in [-0.39, 0.29) is 17.6 Å². The summed E-state index contributed by atoms with van der Waals surface area (Å²) in [5.41, 5.74) is 0.531. The van der Waals surface area contributed by atoms with Crippen LogP contribution in [0.3, 0.4) is 0 Å². The molecular formula is C12H21ClN2O3S. The minimum Gasteiger partial charge on any atom is -0.372 e. The average molecular weight is 309 g/mol. The van der Waals surface area contributed by atoms with E-state index in [2.05, 4.69) is 12.0 Å². The quantitative estimate of drug-likeness (QED) is 0.693.